The summed E-state index contributed by atoms with van der Waals surface area (Å²) in [7, 11) is 0. The average molecular weight is 617 g/mol. The standard InChI is InChI=1S/C33H31Cl2N5O3/c1-21(41)43-16-14-36-26-13-15-39(19-26)33(42)31-29(27-12-11-25(35)17-28(27)38-31)32-30(23-5-3-2-4-6-23)37-20-40(32)18-22-7-9-24(34)10-8-22/h2-12,17,20,26,36,38H,13-16,18-19H2,1H3. The molecule has 1 aliphatic heterocycles. The maximum absolute atomic E-state index is 14.3. The summed E-state index contributed by atoms with van der Waals surface area (Å²) < 4.78 is 7.13. The number of esters is 1. The van der Waals surface area contributed by atoms with Gasteiger partial charge in [0, 0.05) is 71.2 Å². The fraction of sp³-hybridized carbons (Fsp3) is 0.242. The normalized spacial score (nSPS) is 14.9. The van der Waals surface area contributed by atoms with Gasteiger partial charge in [-0.05, 0) is 36.2 Å². The number of likely N-dealkylation sites (tertiary alicyclic amines) is 1. The minimum Gasteiger partial charge on any atom is -0.465 e. The highest BCUT2D eigenvalue weighted by molar-refractivity contribution is 6.31. The van der Waals surface area contributed by atoms with Crippen molar-refractivity contribution >= 4 is 46.0 Å². The van der Waals surface area contributed by atoms with Crippen molar-refractivity contribution in [2.24, 2.45) is 0 Å². The van der Waals surface area contributed by atoms with Crippen LogP contribution in [0.3, 0.4) is 0 Å². The van der Waals surface area contributed by atoms with Crippen LogP contribution in [-0.4, -0.2) is 63.6 Å². The second-order valence-corrected chi connectivity index (χ2v) is 11.5. The molecule has 1 unspecified atom stereocenters. The third-order valence-electron chi connectivity index (χ3n) is 7.68. The molecular weight excluding hydrogens is 585 g/mol. The van der Waals surface area contributed by atoms with Gasteiger partial charge >= 0.3 is 5.97 Å². The van der Waals surface area contributed by atoms with Crippen LogP contribution >= 0.6 is 23.2 Å². The summed E-state index contributed by atoms with van der Waals surface area (Å²) in [6, 6.07) is 23.5. The lowest BCUT2D eigenvalue weighted by Crippen LogP contribution is -2.37. The van der Waals surface area contributed by atoms with Gasteiger partial charge in [0.15, 0.2) is 0 Å². The predicted octanol–water partition coefficient (Wildman–Crippen LogP) is 6.42. The third kappa shape index (κ3) is 6.32. The van der Waals surface area contributed by atoms with Crippen molar-refractivity contribution in [1.82, 2.24) is 24.8 Å². The number of aromatic amines is 1. The molecule has 1 saturated heterocycles. The average Bonchev–Trinajstić information content (AvgIpc) is 3.73. The van der Waals surface area contributed by atoms with E-state index in [0.717, 1.165) is 45.4 Å². The van der Waals surface area contributed by atoms with Gasteiger partial charge in [0.2, 0.25) is 0 Å². The van der Waals surface area contributed by atoms with Crippen molar-refractivity contribution in [3.63, 3.8) is 0 Å². The number of benzene rings is 3. The number of hydrogen-bond donors (Lipinski definition) is 2. The molecule has 5 aromatic rings. The second-order valence-electron chi connectivity index (χ2n) is 10.7. The lowest BCUT2D eigenvalue weighted by atomic mass is 10.0. The molecule has 3 aromatic carbocycles. The fourth-order valence-electron chi connectivity index (χ4n) is 5.66. The van der Waals surface area contributed by atoms with E-state index in [-0.39, 0.29) is 17.9 Å². The van der Waals surface area contributed by atoms with E-state index >= 15 is 0 Å². The molecule has 0 bridgehead atoms. The number of aromatic nitrogens is 3. The van der Waals surface area contributed by atoms with Gasteiger partial charge in [0.05, 0.1) is 17.7 Å². The van der Waals surface area contributed by atoms with Gasteiger partial charge in [-0.15, -0.1) is 0 Å². The first-order chi connectivity index (χ1) is 20.9. The number of nitrogens with one attached hydrogen (secondary N) is 2. The van der Waals surface area contributed by atoms with Crippen LogP contribution in [-0.2, 0) is 16.1 Å². The van der Waals surface area contributed by atoms with Gasteiger partial charge in [-0.3, -0.25) is 9.59 Å². The van der Waals surface area contributed by atoms with Gasteiger partial charge in [-0.2, -0.15) is 0 Å². The van der Waals surface area contributed by atoms with Gasteiger partial charge in [0.25, 0.3) is 5.91 Å². The molecular formula is C33H31Cl2N5O3. The smallest absolute Gasteiger partial charge is 0.302 e. The monoisotopic (exact) mass is 615 g/mol. The molecule has 10 heteroatoms. The molecule has 1 fully saturated rings. The Morgan fingerprint density at radius 1 is 1.05 bits per heavy atom. The molecule has 0 radical (unpaired) electrons. The fourth-order valence-corrected chi connectivity index (χ4v) is 5.96. The Morgan fingerprint density at radius 3 is 2.58 bits per heavy atom. The predicted molar refractivity (Wildman–Crippen MR) is 169 cm³/mol. The molecule has 1 atom stereocenters. The van der Waals surface area contributed by atoms with Crippen LogP contribution in [0.5, 0.6) is 0 Å². The van der Waals surface area contributed by atoms with Gasteiger partial charge < -0.3 is 24.5 Å². The molecule has 1 amide bonds. The topological polar surface area (TPSA) is 92.2 Å². The number of hydrogen-bond acceptors (Lipinski definition) is 5. The lowest BCUT2D eigenvalue weighted by molar-refractivity contribution is -0.140. The van der Waals surface area contributed by atoms with Crippen LogP contribution in [0.15, 0.2) is 79.1 Å². The Bertz CT molecular complexity index is 1760. The van der Waals surface area contributed by atoms with Gasteiger partial charge in [-0.1, -0.05) is 71.7 Å². The van der Waals surface area contributed by atoms with E-state index in [0.29, 0.717) is 48.5 Å². The number of H-pyrrole nitrogens is 1. The zero-order chi connectivity index (χ0) is 29.9. The highest BCUT2D eigenvalue weighted by Crippen LogP contribution is 2.40. The summed E-state index contributed by atoms with van der Waals surface area (Å²) in [5, 5.41) is 5.54. The van der Waals surface area contributed by atoms with Crippen LogP contribution < -0.4 is 5.32 Å². The third-order valence-corrected chi connectivity index (χ3v) is 8.17. The molecule has 6 rings (SSSR count). The van der Waals surface area contributed by atoms with Crippen molar-refractivity contribution in [2.75, 3.05) is 26.2 Å². The number of halogens is 2. The van der Waals surface area contributed by atoms with E-state index in [1.54, 1.807) is 0 Å². The zero-order valence-electron chi connectivity index (χ0n) is 23.6. The number of nitrogens with zero attached hydrogens (tertiary/aromatic N) is 3. The van der Waals surface area contributed by atoms with E-state index in [4.69, 9.17) is 32.9 Å². The SMILES string of the molecule is CC(=O)OCCNC1CCN(C(=O)c2[nH]c3cc(Cl)ccc3c2-c2c(-c3ccccc3)ncn2Cc2ccc(Cl)cc2)C1. The minimum atomic E-state index is -0.304. The summed E-state index contributed by atoms with van der Waals surface area (Å²) in [5.41, 5.74) is 5.69. The largest absolute Gasteiger partial charge is 0.465 e. The Labute approximate surface area is 259 Å². The number of carbonyl (C=O) groups excluding carboxylic acids is 2. The first kappa shape index (κ1) is 29.0. The zero-order valence-corrected chi connectivity index (χ0v) is 25.2. The van der Waals surface area contributed by atoms with Crippen molar-refractivity contribution in [1.29, 1.82) is 0 Å². The van der Waals surface area contributed by atoms with Crippen LogP contribution in [0.25, 0.3) is 33.4 Å². The van der Waals surface area contributed by atoms with Crippen molar-refractivity contribution in [2.45, 2.75) is 25.9 Å². The Kier molecular flexibility index (Phi) is 8.51. The molecule has 8 nitrogen and oxygen atoms in total. The summed E-state index contributed by atoms with van der Waals surface area (Å²) in [6.07, 6.45) is 2.63. The number of carbonyl (C=O) groups is 2. The summed E-state index contributed by atoms with van der Waals surface area (Å²) >= 11 is 12.6. The first-order valence-corrected chi connectivity index (χ1v) is 15.0. The van der Waals surface area contributed by atoms with Gasteiger partial charge in [0.1, 0.15) is 12.3 Å². The van der Waals surface area contributed by atoms with E-state index < -0.39 is 0 Å². The van der Waals surface area contributed by atoms with Crippen molar-refractivity contribution in [3.05, 3.63) is 100 Å². The maximum atomic E-state index is 14.3. The van der Waals surface area contributed by atoms with E-state index in [9.17, 15) is 9.59 Å². The molecule has 2 aromatic heterocycles. The van der Waals surface area contributed by atoms with Crippen molar-refractivity contribution < 1.29 is 14.3 Å². The van der Waals surface area contributed by atoms with Gasteiger partial charge in [-0.25, -0.2) is 4.98 Å². The van der Waals surface area contributed by atoms with Crippen LogP contribution in [0, 0.1) is 0 Å². The summed E-state index contributed by atoms with van der Waals surface area (Å²) in [5.74, 6) is -0.397. The van der Waals surface area contributed by atoms with E-state index in [1.807, 2.05) is 84.0 Å². The van der Waals surface area contributed by atoms with E-state index in [2.05, 4.69) is 14.9 Å². The van der Waals surface area contributed by atoms with Crippen molar-refractivity contribution in [3.8, 4) is 22.5 Å². The molecule has 43 heavy (non-hydrogen) atoms. The molecule has 3 heterocycles. The highest BCUT2D eigenvalue weighted by Gasteiger charge is 2.32. The molecule has 0 aliphatic carbocycles. The first-order valence-electron chi connectivity index (χ1n) is 14.2. The summed E-state index contributed by atoms with van der Waals surface area (Å²) in [6.45, 7) is 3.92. The second kappa shape index (κ2) is 12.6. The molecule has 220 valence electrons. The van der Waals surface area contributed by atoms with Crippen LogP contribution in [0.2, 0.25) is 10.0 Å². The lowest BCUT2D eigenvalue weighted by Gasteiger charge is -2.18. The Morgan fingerprint density at radius 2 is 1.81 bits per heavy atom. The number of amides is 1. The van der Waals surface area contributed by atoms with Crippen LogP contribution in [0.4, 0.5) is 0 Å². The quantitative estimate of drug-likeness (QED) is 0.147. The molecule has 0 saturated carbocycles. The highest BCUT2D eigenvalue weighted by atomic mass is 35.5. The minimum absolute atomic E-state index is 0.0927. The molecule has 0 spiro atoms. The van der Waals surface area contributed by atoms with E-state index in [1.165, 1.54) is 6.92 Å². The number of rotatable bonds is 9. The molecule has 1 aliphatic rings. The Balaban J connectivity index is 1.41. The number of imidazole rings is 1. The maximum Gasteiger partial charge on any atom is 0.302 e. The van der Waals surface area contributed by atoms with Crippen LogP contribution in [0.1, 0.15) is 29.4 Å². The Hall–Kier alpha value is -4.11. The molecule has 2 N–H and O–H groups in total. The summed E-state index contributed by atoms with van der Waals surface area (Å²) in [4.78, 5) is 35.5. The number of ether oxygens (including phenoxy) is 1. The number of fused-ring (bicyclic) bond motifs is 1.